The number of nitrogens with one attached hydrogen (secondary N) is 1. The van der Waals surface area contributed by atoms with Crippen LogP contribution in [0.25, 0.3) is 5.65 Å². The highest BCUT2D eigenvalue weighted by molar-refractivity contribution is 9.10. The van der Waals surface area contributed by atoms with Gasteiger partial charge in [-0.25, -0.2) is 9.50 Å². The molecule has 6 heteroatoms. The van der Waals surface area contributed by atoms with Gasteiger partial charge in [0.1, 0.15) is 11.6 Å². The highest BCUT2D eigenvalue weighted by Crippen LogP contribution is 2.15. The van der Waals surface area contributed by atoms with Crippen LogP contribution in [0, 0.1) is 18.3 Å². The second-order valence-electron chi connectivity index (χ2n) is 4.74. The van der Waals surface area contributed by atoms with Crippen molar-refractivity contribution in [1.82, 2.24) is 14.6 Å². The van der Waals surface area contributed by atoms with E-state index in [1.807, 2.05) is 30.3 Å². The van der Waals surface area contributed by atoms with Crippen LogP contribution in [-0.4, -0.2) is 14.6 Å². The Hall–Kier alpha value is -2.39. The molecular formula is C15H11BrN4O. The van der Waals surface area contributed by atoms with Crippen LogP contribution in [0.15, 0.2) is 39.7 Å². The maximum Gasteiger partial charge on any atom is 0.276 e. The molecule has 0 bridgehead atoms. The van der Waals surface area contributed by atoms with Gasteiger partial charge in [-0.1, -0.05) is 28.1 Å². The van der Waals surface area contributed by atoms with Crippen molar-refractivity contribution in [3.63, 3.8) is 0 Å². The third-order valence-electron chi connectivity index (χ3n) is 3.38. The molecule has 2 aromatic heterocycles. The van der Waals surface area contributed by atoms with Crippen molar-refractivity contribution in [2.24, 2.45) is 0 Å². The maximum atomic E-state index is 12.5. The molecule has 21 heavy (non-hydrogen) atoms. The van der Waals surface area contributed by atoms with Gasteiger partial charge in [-0.2, -0.15) is 5.26 Å². The zero-order valence-electron chi connectivity index (χ0n) is 11.2. The zero-order chi connectivity index (χ0) is 15.0. The first-order valence-corrected chi connectivity index (χ1v) is 7.13. The Labute approximate surface area is 129 Å². The Morgan fingerprint density at radius 2 is 2.10 bits per heavy atom. The second-order valence-corrected chi connectivity index (χ2v) is 5.66. The van der Waals surface area contributed by atoms with E-state index in [4.69, 9.17) is 5.26 Å². The molecule has 0 amide bonds. The van der Waals surface area contributed by atoms with E-state index in [1.54, 1.807) is 6.92 Å². The van der Waals surface area contributed by atoms with Gasteiger partial charge in [-0.3, -0.25) is 9.89 Å². The first-order chi connectivity index (χ1) is 10.1. The van der Waals surface area contributed by atoms with E-state index in [-0.39, 0.29) is 5.56 Å². The fourth-order valence-corrected chi connectivity index (χ4v) is 2.51. The Bertz CT molecular complexity index is 916. The van der Waals surface area contributed by atoms with E-state index in [0.29, 0.717) is 28.9 Å². The molecule has 0 atom stereocenters. The van der Waals surface area contributed by atoms with E-state index in [2.05, 4.69) is 26.0 Å². The molecule has 0 saturated heterocycles. The summed E-state index contributed by atoms with van der Waals surface area (Å²) in [6, 6.07) is 9.83. The topological polar surface area (TPSA) is 73.9 Å². The quantitative estimate of drug-likeness (QED) is 0.777. The standard InChI is InChI=1S/C15H11BrN4O/c1-9-13(6-10-2-4-12(16)5-3-10)15(21)20-14(19-9)11(7-17)8-18-20/h2-5,8,18H,6H2,1H3. The fraction of sp³-hybridized carbons (Fsp3) is 0.133. The number of aromatic amines is 1. The van der Waals surface area contributed by atoms with Crippen molar-refractivity contribution in [2.45, 2.75) is 13.3 Å². The lowest BCUT2D eigenvalue weighted by Crippen LogP contribution is -2.22. The second kappa shape index (κ2) is 5.19. The number of hydrogen-bond donors (Lipinski definition) is 1. The van der Waals surface area contributed by atoms with Crippen LogP contribution < -0.4 is 5.56 Å². The largest absolute Gasteiger partial charge is 0.295 e. The van der Waals surface area contributed by atoms with Gasteiger partial charge in [-0.05, 0) is 24.6 Å². The van der Waals surface area contributed by atoms with E-state index in [0.717, 1.165) is 10.0 Å². The number of rotatable bonds is 2. The highest BCUT2D eigenvalue weighted by Gasteiger charge is 2.14. The molecule has 2 heterocycles. The van der Waals surface area contributed by atoms with Crippen molar-refractivity contribution in [3.05, 3.63) is 67.7 Å². The Morgan fingerprint density at radius 1 is 1.38 bits per heavy atom. The molecule has 0 fully saturated rings. The first kappa shape index (κ1) is 13.6. The summed E-state index contributed by atoms with van der Waals surface area (Å²) in [6.07, 6.45) is 2.00. The summed E-state index contributed by atoms with van der Waals surface area (Å²) >= 11 is 3.39. The molecular weight excluding hydrogens is 332 g/mol. The minimum Gasteiger partial charge on any atom is -0.295 e. The Morgan fingerprint density at radius 3 is 2.76 bits per heavy atom. The summed E-state index contributed by atoms with van der Waals surface area (Å²) in [5, 5.41) is 11.8. The normalized spacial score (nSPS) is 10.7. The minimum atomic E-state index is -0.165. The fourth-order valence-electron chi connectivity index (χ4n) is 2.25. The number of nitrogens with zero attached hydrogens (tertiary/aromatic N) is 3. The summed E-state index contributed by atoms with van der Waals surface area (Å²) < 4.78 is 2.32. The molecule has 1 N–H and O–H groups in total. The molecule has 0 radical (unpaired) electrons. The molecule has 104 valence electrons. The van der Waals surface area contributed by atoms with Crippen LogP contribution >= 0.6 is 15.9 Å². The van der Waals surface area contributed by atoms with Crippen LogP contribution in [0.2, 0.25) is 0 Å². The van der Waals surface area contributed by atoms with E-state index in [9.17, 15) is 4.79 Å². The molecule has 3 rings (SSSR count). The van der Waals surface area contributed by atoms with E-state index in [1.165, 1.54) is 10.7 Å². The van der Waals surface area contributed by atoms with Gasteiger partial charge in [0.25, 0.3) is 5.56 Å². The summed E-state index contributed by atoms with van der Waals surface area (Å²) in [6.45, 7) is 1.80. The lowest BCUT2D eigenvalue weighted by atomic mass is 10.1. The SMILES string of the molecule is Cc1nc2c(C#N)c[nH]n2c(=O)c1Cc1ccc(Br)cc1. The number of nitriles is 1. The molecule has 3 aromatic rings. The predicted octanol–water partition coefficient (Wildman–Crippen LogP) is 2.56. The van der Waals surface area contributed by atoms with Gasteiger partial charge in [-0.15, -0.1) is 0 Å². The molecule has 0 aliphatic rings. The maximum absolute atomic E-state index is 12.5. The van der Waals surface area contributed by atoms with Gasteiger partial charge in [0.15, 0.2) is 5.65 Å². The summed E-state index contributed by atoms with van der Waals surface area (Å²) in [4.78, 5) is 16.9. The summed E-state index contributed by atoms with van der Waals surface area (Å²) in [5.74, 6) is 0. The highest BCUT2D eigenvalue weighted by atomic mass is 79.9. The van der Waals surface area contributed by atoms with Crippen molar-refractivity contribution >= 4 is 21.6 Å². The molecule has 0 spiro atoms. The van der Waals surface area contributed by atoms with Crippen molar-refractivity contribution in [2.75, 3.05) is 0 Å². The molecule has 0 aliphatic carbocycles. The van der Waals surface area contributed by atoms with Gasteiger partial charge >= 0.3 is 0 Å². The van der Waals surface area contributed by atoms with Crippen LogP contribution in [0.5, 0.6) is 0 Å². The number of aryl methyl sites for hydroxylation is 1. The van der Waals surface area contributed by atoms with Gasteiger partial charge in [0, 0.05) is 28.3 Å². The van der Waals surface area contributed by atoms with Crippen LogP contribution in [0.1, 0.15) is 22.4 Å². The smallest absolute Gasteiger partial charge is 0.276 e. The number of hydrogen-bond acceptors (Lipinski definition) is 3. The van der Waals surface area contributed by atoms with Crippen molar-refractivity contribution in [1.29, 1.82) is 5.26 Å². The number of halogens is 1. The predicted molar refractivity (Wildman–Crippen MR) is 82.2 cm³/mol. The Kier molecular flexibility index (Phi) is 3.35. The molecule has 0 aliphatic heterocycles. The van der Waals surface area contributed by atoms with Gasteiger partial charge < -0.3 is 0 Å². The lowest BCUT2D eigenvalue weighted by Gasteiger charge is -2.06. The lowest BCUT2D eigenvalue weighted by molar-refractivity contribution is 0.859. The average molecular weight is 343 g/mol. The monoisotopic (exact) mass is 342 g/mol. The Balaban J connectivity index is 2.13. The molecule has 0 unspecified atom stereocenters. The number of fused-ring (bicyclic) bond motifs is 1. The van der Waals surface area contributed by atoms with Gasteiger partial charge in [0.2, 0.25) is 0 Å². The van der Waals surface area contributed by atoms with E-state index < -0.39 is 0 Å². The number of benzene rings is 1. The van der Waals surface area contributed by atoms with E-state index >= 15 is 0 Å². The van der Waals surface area contributed by atoms with Crippen molar-refractivity contribution < 1.29 is 0 Å². The van der Waals surface area contributed by atoms with Crippen LogP contribution in [-0.2, 0) is 6.42 Å². The van der Waals surface area contributed by atoms with Crippen LogP contribution in [0.3, 0.4) is 0 Å². The summed E-state index contributed by atoms with van der Waals surface area (Å²) in [7, 11) is 0. The third kappa shape index (κ3) is 2.36. The van der Waals surface area contributed by atoms with Crippen molar-refractivity contribution in [3.8, 4) is 6.07 Å². The number of aromatic nitrogens is 3. The minimum absolute atomic E-state index is 0.165. The zero-order valence-corrected chi connectivity index (χ0v) is 12.8. The van der Waals surface area contributed by atoms with Gasteiger partial charge in [0.05, 0.1) is 0 Å². The number of H-pyrrole nitrogens is 1. The molecule has 0 saturated carbocycles. The molecule has 1 aromatic carbocycles. The summed E-state index contributed by atoms with van der Waals surface area (Å²) in [5.41, 5.74) is 2.89. The third-order valence-corrected chi connectivity index (χ3v) is 3.91. The molecule has 5 nitrogen and oxygen atoms in total. The average Bonchev–Trinajstić information content (AvgIpc) is 2.88. The van der Waals surface area contributed by atoms with Crippen LogP contribution in [0.4, 0.5) is 0 Å². The first-order valence-electron chi connectivity index (χ1n) is 6.34.